The molecule has 4 heterocycles. The Bertz CT molecular complexity index is 1080. The molecule has 1 atom stereocenters. The minimum atomic E-state index is -3.53. The Balaban J connectivity index is 1.79. The first kappa shape index (κ1) is 16.0. The maximum absolute atomic E-state index is 12.3. The molecular formula is C17H17N5O2S. The van der Waals surface area contributed by atoms with Gasteiger partial charge in [-0.3, -0.25) is 0 Å². The fraction of sp³-hybridized carbons (Fsp3) is 0.353. The van der Waals surface area contributed by atoms with Crippen LogP contribution in [0.2, 0.25) is 0 Å². The molecule has 0 radical (unpaired) electrons. The number of rotatable bonds is 3. The van der Waals surface area contributed by atoms with E-state index >= 15 is 0 Å². The number of piperidine rings is 1. The third-order valence-corrected chi connectivity index (χ3v) is 6.38. The Morgan fingerprint density at radius 2 is 2.24 bits per heavy atom. The van der Waals surface area contributed by atoms with Crippen molar-refractivity contribution >= 4 is 31.8 Å². The molecule has 25 heavy (non-hydrogen) atoms. The van der Waals surface area contributed by atoms with Crippen molar-refractivity contribution < 1.29 is 8.42 Å². The van der Waals surface area contributed by atoms with Gasteiger partial charge in [-0.2, -0.15) is 5.26 Å². The van der Waals surface area contributed by atoms with Gasteiger partial charge in [0.15, 0.2) is 11.4 Å². The lowest BCUT2D eigenvalue weighted by Crippen LogP contribution is -2.40. The molecule has 1 saturated heterocycles. The maximum atomic E-state index is 12.3. The standard InChI is InChI=1S/C17H17N5O2S/c18-5-9-25(23,24)22-8-1-2-13(11-22)16-15-12(3-6-19-16)10-21-17-14(15)4-7-20-17/h3-4,6-7,10,13,19H,1-2,8-9,11H2. The number of aromatic nitrogens is 3. The van der Waals surface area contributed by atoms with E-state index in [1.54, 1.807) is 18.5 Å². The highest BCUT2D eigenvalue weighted by Crippen LogP contribution is 2.34. The summed E-state index contributed by atoms with van der Waals surface area (Å²) in [6.45, 7) is 0.859. The molecule has 0 bridgehead atoms. The highest BCUT2D eigenvalue weighted by atomic mass is 32.2. The predicted molar refractivity (Wildman–Crippen MR) is 94.3 cm³/mol. The van der Waals surface area contributed by atoms with Crippen molar-refractivity contribution in [2.45, 2.75) is 18.8 Å². The van der Waals surface area contributed by atoms with Crippen LogP contribution in [-0.4, -0.2) is 46.5 Å². The van der Waals surface area contributed by atoms with E-state index in [4.69, 9.17) is 5.26 Å². The van der Waals surface area contributed by atoms with Gasteiger partial charge in [0.1, 0.15) is 0 Å². The van der Waals surface area contributed by atoms with Crippen LogP contribution in [0.25, 0.3) is 21.8 Å². The number of pyridine rings is 2. The highest BCUT2D eigenvalue weighted by Gasteiger charge is 2.30. The smallest absolute Gasteiger partial charge is 0.227 e. The van der Waals surface area contributed by atoms with Gasteiger partial charge < -0.3 is 4.98 Å². The van der Waals surface area contributed by atoms with Crippen LogP contribution in [0.5, 0.6) is 0 Å². The van der Waals surface area contributed by atoms with E-state index in [1.165, 1.54) is 4.31 Å². The molecule has 1 N–H and O–H groups in total. The Hall–Kier alpha value is -2.50. The van der Waals surface area contributed by atoms with Crippen LogP contribution < -0.4 is 0 Å². The Labute approximate surface area is 145 Å². The summed E-state index contributed by atoms with van der Waals surface area (Å²) in [7, 11) is -3.53. The quantitative estimate of drug-likeness (QED) is 0.775. The summed E-state index contributed by atoms with van der Waals surface area (Å²) < 4.78 is 26.0. The zero-order valence-corrected chi connectivity index (χ0v) is 14.3. The molecule has 7 nitrogen and oxygen atoms in total. The average molecular weight is 355 g/mol. The first-order valence-electron chi connectivity index (χ1n) is 8.15. The number of hydrogen-bond acceptors (Lipinski definition) is 5. The van der Waals surface area contributed by atoms with Crippen LogP contribution in [0.3, 0.4) is 0 Å². The van der Waals surface area contributed by atoms with Crippen molar-refractivity contribution in [2.75, 3.05) is 18.8 Å². The summed E-state index contributed by atoms with van der Waals surface area (Å²) in [5.74, 6) is -0.425. The third kappa shape index (κ3) is 2.75. The molecular weight excluding hydrogens is 338 g/mol. The molecule has 1 aliphatic heterocycles. The molecule has 0 aromatic carbocycles. The summed E-state index contributed by atoms with van der Waals surface area (Å²) in [4.78, 5) is 12.0. The van der Waals surface area contributed by atoms with Gasteiger partial charge >= 0.3 is 0 Å². The topological polar surface area (TPSA) is 103 Å². The normalized spacial score (nSPS) is 19.2. The molecule has 8 heteroatoms. The molecule has 1 fully saturated rings. The SMILES string of the molecule is N#CCS(=O)(=O)N1CCCC(c2[nH]ccc3cnc4nccc4c23)C1. The molecule has 0 aliphatic carbocycles. The molecule has 1 aliphatic rings. The summed E-state index contributed by atoms with van der Waals surface area (Å²) in [5.41, 5.74) is 1.70. The summed E-state index contributed by atoms with van der Waals surface area (Å²) >= 11 is 0. The molecule has 128 valence electrons. The Kier molecular flexibility index (Phi) is 3.90. The van der Waals surface area contributed by atoms with Crippen molar-refractivity contribution in [3.63, 3.8) is 0 Å². The van der Waals surface area contributed by atoms with Crippen LogP contribution in [0, 0.1) is 11.3 Å². The first-order chi connectivity index (χ1) is 12.1. The molecule has 0 spiro atoms. The minimum absolute atomic E-state index is 0.0476. The third-order valence-electron chi connectivity index (χ3n) is 4.77. The number of fused-ring (bicyclic) bond motifs is 3. The van der Waals surface area contributed by atoms with E-state index in [0.717, 1.165) is 34.7 Å². The number of sulfonamides is 1. The van der Waals surface area contributed by atoms with Crippen molar-refractivity contribution in [1.29, 1.82) is 5.26 Å². The van der Waals surface area contributed by atoms with Crippen molar-refractivity contribution in [2.24, 2.45) is 0 Å². The van der Waals surface area contributed by atoms with Crippen LogP contribution in [0.15, 0.2) is 30.7 Å². The van der Waals surface area contributed by atoms with E-state index < -0.39 is 15.8 Å². The highest BCUT2D eigenvalue weighted by molar-refractivity contribution is 7.89. The van der Waals surface area contributed by atoms with Gasteiger partial charge in [0, 0.05) is 59.5 Å². The van der Waals surface area contributed by atoms with Gasteiger partial charge in [0.25, 0.3) is 0 Å². The second-order valence-electron chi connectivity index (χ2n) is 6.27. The zero-order valence-electron chi connectivity index (χ0n) is 13.5. The van der Waals surface area contributed by atoms with Gasteiger partial charge in [-0.25, -0.2) is 22.7 Å². The van der Waals surface area contributed by atoms with Gasteiger partial charge in [-0.15, -0.1) is 0 Å². The minimum Gasteiger partial charge on any atom is -0.364 e. The van der Waals surface area contributed by atoms with Crippen molar-refractivity contribution in [3.8, 4) is 6.07 Å². The molecule has 0 saturated carbocycles. The zero-order chi connectivity index (χ0) is 17.4. The van der Waals surface area contributed by atoms with Crippen LogP contribution >= 0.6 is 0 Å². The van der Waals surface area contributed by atoms with Crippen molar-refractivity contribution in [3.05, 3.63) is 36.4 Å². The number of hydrogen-bond donors (Lipinski definition) is 1. The van der Waals surface area contributed by atoms with E-state index in [0.29, 0.717) is 18.7 Å². The van der Waals surface area contributed by atoms with E-state index in [1.807, 2.05) is 18.3 Å². The van der Waals surface area contributed by atoms with Gasteiger partial charge in [-0.05, 0) is 25.0 Å². The fourth-order valence-electron chi connectivity index (χ4n) is 3.62. The first-order valence-corrected chi connectivity index (χ1v) is 9.76. The predicted octanol–water partition coefficient (Wildman–Crippen LogP) is 2.14. The van der Waals surface area contributed by atoms with Crippen molar-refractivity contribution in [1.82, 2.24) is 19.3 Å². The lowest BCUT2D eigenvalue weighted by atomic mass is 9.92. The average Bonchev–Trinajstić information content (AvgIpc) is 3.10. The number of H-pyrrole nitrogens is 1. The number of nitrogens with zero attached hydrogens (tertiary/aromatic N) is 4. The number of nitriles is 1. The molecule has 3 aromatic rings. The van der Waals surface area contributed by atoms with Gasteiger partial charge in [0.05, 0.1) is 6.07 Å². The summed E-state index contributed by atoms with van der Waals surface area (Å²) in [5, 5.41) is 11.8. The Morgan fingerprint density at radius 3 is 3.08 bits per heavy atom. The van der Waals surface area contributed by atoms with Gasteiger partial charge in [-0.1, -0.05) is 0 Å². The lowest BCUT2D eigenvalue weighted by molar-refractivity contribution is 0.315. The number of nitrogens with one attached hydrogen (secondary N) is 1. The maximum Gasteiger partial charge on any atom is 0.227 e. The fourth-order valence-corrected chi connectivity index (χ4v) is 4.78. The van der Waals surface area contributed by atoms with Crippen LogP contribution in [0.1, 0.15) is 24.5 Å². The van der Waals surface area contributed by atoms with E-state index in [-0.39, 0.29) is 5.92 Å². The molecule has 0 amide bonds. The Morgan fingerprint density at radius 1 is 1.36 bits per heavy atom. The summed E-state index contributed by atoms with van der Waals surface area (Å²) in [6.07, 6.45) is 7.07. The second kappa shape index (κ2) is 6.10. The largest absolute Gasteiger partial charge is 0.364 e. The molecule has 3 aromatic heterocycles. The van der Waals surface area contributed by atoms with E-state index in [2.05, 4.69) is 15.0 Å². The monoisotopic (exact) mass is 355 g/mol. The van der Waals surface area contributed by atoms with E-state index in [9.17, 15) is 8.42 Å². The van der Waals surface area contributed by atoms with Gasteiger partial charge in [0.2, 0.25) is 10.0 Å². The molecule has 4 rings (SSSR count). The lowest BCUT2D eigenvalue weighted by Gasteiger charge is -2.32. The number of aromatic amines is 1. The molecule has 1 unspecified atom stereocenters. The summed E-state index contributed by atoms with van der Waals surface area (Å²) in [6, 6.07) is 5.66. The van der Waals surface area contributed by atoms with Crippen LogP contribution in [0.4, 0.5) is 0 Å². The second-order valence-corrected chi connectivity index (χ2v) is 8.24. The van der Waals surface area contributed by atoms with Crippen LogP contribution in [-0.2, 0) is 10.0 Å².